The van der Waals surface area contributed by atoms with Crippen LogP contribution in [-0.2, 0) is 0 Å². The highest BCUT2D eigenvalue weighted by Crippen LogP contribution is 2.21. The van der Waals surface area contributed by atoms with Gasteiger partial charge in [0.1, 0.15) is 0 Å². The summed E-state index contributed by atoms with van der Waals surface area (Å²) in [6.45, 7) is 4.40. The molecule has 0 aliphatic carbocycles. The van der Waals surface area contributed by atoms with Crippen molar-refractivity contribution in [3.05, 3.63) is 20.8 Å². The van der Waals surface area contributed by atoms with Crippen molar-refractivity contribution in [1.29, 1.82) is 0 Å². The predicted octanol–water partition coefficient (Wildman–Crippen LogP) is 2.65. The van der Waals surface area contributed by atoms with Crippen molar-refractivity contribution in [3.8, 4) is 0 Å². The molecule has 0 radical (unpaired) electrons. The topological polar surface area (TPSA) is 49.3 Å². The zero-order chi connectivity index (χ0) is 12.1. The van der Waals surface area contributed by atoms with Gasteiger partial charge in [0, 0.05) is 6.54 Å². The van der Waals surface area contributed by atoms with Crippen LogP contribution in [0.4, 0.5) is 0 Å². The first kappa shape index (κ1) is 13.7. The molecule has 0 bridgehead atoms. The molecule has 0 saturated heterocycles. The molecule has 1 aromatic rings. The highest BCUT2D eigenvalue weighted by atomic mass is 79.9. The van der Waals surface area contributed by atoms with E-state index in [9.17, 15) is 9.90 Å². The number of amides is 1. The molecular formula is C11H16BrNO2S. The van der Waals surface area contributed by atoms with E-state index in [2.05, 4.69) is 21.2 Å². The van der Waals surface area contributed by atoms with Gasteiger partial charge >= 0.3 is 0 Å². The second-order valence-corrected chi connectivity index (χ2v) is 6.56. The molecule has 1 aromatic heterocycles. The highest BCUT2D eigenvalue weighted by Gasteiger charge is 2.11. The maximum Gasteiger partial charge on any atom is 0.261 e. The molecule has 0 fully saturated rings. The van der Waals surface area contributed by atoms with Gasteiger partial charge in [0.15, 0.2) is 0 Å². The highest BCUT2D eigenvalue weighted by molar-refractivity contribution is 9.11. The van der Waals surface area contributed by atoms with E-state index in [0.29, 0.717) is 23.8 Å². The SMILES string of the molecule is CC(C)CC(O)CNC(=O)c1ccc(Br)s1. The second-order valence-electron chi connectivity index (χ2n) is 4.10. The zero-order valence-corrected chi connectivity index (χ0v) is 11.8. The molecule has 1 heterocycles. The van der Waals surface area contributed by atoms with Crippen molar-refractivity contribution in [2.45, 2.75) is 26.4 Å². The first-order chi connectivity index (χ1) is 7.49. The molecule has 90 valence electrons. The van der Waals surface area contributed by atoms with Crippen molar-refractivity contribution in [3.63, 3.8) is 0 Å². The van der Waals surface area contributed by atoms with Crippen LogP contribution in [0.25, 0.3) is 0 Å². The smallest absolute Gasteiger partial charge is 0.261 e. The standard InChI is InChI=1S/C11H16BrNO2S/c1-7(2)5-8(14)6-13-11(15)9-3-4-10(12)16-9/h3-4,7-8,14H,5-6H2,1-2H3,(H,13,15). The largest absolute Gasteiger partial charge is 0.391 e. The number of aliphatic hydroxyl groups excluding tert-OH is 1. The van der Waals surface area contributed by atoms with Crippen molar-refractivity contribution in [1.82, 2.24) is 5.32 Å². The molecule has 0 aliphatic rings. The van der Waals surface area contributed by atoms with E-state index < -0.39 is 6.10 Å². The van der Waals surface area contributed by atoms with E-state index in [1.807, 2.05) is 19.9 Å². The lowest BCUT2D eigenvalue weighted by atomic mass is 10.1. The summed E-state index contributed by atoms with van der Waals surface area (Å²) in [7, 11) is 0. The molecule has 16 heavy (non-hydrogen) atoms. The zero-order valence-electron chi connectivity index (χ0n) is 9.37. The lowest BCUT2D eigenvalue weighted by molar-refractivity contribution is 0.0904. The first-order valence-electron chi connectivity index (χ1n) is 5.20. The minimum absolute atomic E-state index is 0.126. The van der Waals surface area contributed by atoms with Gasteiger partial charge in [-0.2, -0.15) is 0 Å². The Kier molecular flexibility index (Phi) is 5.44. The van der Waals surface area contributed by atoms with Crippen LogP contribution in [0.2, 0.25) is 0 Å². The molecule has 1 rings (SSSR count). The molecule has 0 aliphatic heterocycles. The fraction of sp³-hybridized carbons (Fsp3) is 0.545. The van der Waals surface area contributed by atoms with E-state index in [0.717, 1.165) is 3.79 Å². The fourth-order valence-electron chi connectivity index (χ4n) is 1.36. The Bertz CT molecular complexity index is 352. The molecule has 0 saturated carbocycles. The van der Waals surface area contributed by atoms with Gasteiger partial charge in [-0.15, -0.1) is 11.3 Å². The molecule has 0 spiro atoms. The second kappa shape index (κ2) is 6.37. The van der Waals surface area contributed by atoms with Gasteiger partial charge in [-0.1, -0.05) is 13.8 Å². The summed E-state index contributed by atoms with van der Waals surface area (Å²) in [4.78, 5) is 12.3. The summed E-state index contributed by atoms with van der Waals surface area (Å²) in [6.07, 6.45) is 0.237. The molecule has 1 atom stereocenters. The Morgan fingerprint density at radius 3 is 2.75 bits per heavy atom. The molecule has 3 nitrogen and oxygen atoms in total. The summed E-state index contributed by atoms with van der Waals surface area (Å²) in [5.41, 5.74) is 0. The van der Waals surface area contributed by atoms with Crippen LogP contribution >= 0.6 is 27.3 Å². The van der Waals surface area contributed by atoms with Gasteiger partial charge in [-0.3, -0.25) is 4.79 Å². The van der Waals surface area contributed by atoms with Crippen LogP contribution in [0.15, 0.2) is 15.9 Å². The van der Waals surface area contributed by atoms with Crippen molar-refractivity contribution in [2.75, 3.05) is 6.54 Å². The predicted molar refractivity (Wildman–Crippen MR) is 69.8 cm³/mol. The third-order valence-electron chi connectivity index (χ3n) is 2.04. The average molecular weight is 306 g/mol. The maximum absolute atomic E-state index is 11.6. The molecule has 2 N–H and O–H groups in total. The Labute approximate surface area is 108 Å². The van der Waals surface area contributed by atoms with Crippen LogP contribution in [0.5, 0.6) is 0 Å². The van der Waals surface area contributed by atoms with Crippen LogP contribution in [0.1, 0.15) is 29.9 Å². The molecule has 0 aromatic carbocycles. The van der Waals surface area contributed by atoms with Crippen LogP contribution < -0.4 is 5.32 Å². The molecule has 5 heteroatoms. The first-order valence-corrected chi connectivity index (χ1v) is 6.81. The Morgan fingerprint density at radius 2 is 2.25 bits per heavy atom. The number of nitrogens with one attached hydrogen (secondary N) is 1. The van der Waals surface area contributed by atoms with Gasteiger partial charge in [0.25, 0.3) is 5.91 Å². The van der Waals surface area contributed by atoms with Crippen molar-refractivity contribution in [2.24, 2.45) is 5.92 Å². The molecule has 1 unspecified atom stereocenters. The normalized spacial score (nSPS) is 12.8. The number of thiophene rings is 1. The number of carbonyl (C=O) groups is 1. The van der Waals surface area contributed by atoms with Gasteiger partial charge in [0.2, 0.25) is 0 Å². The van der Waals surface area contributed by atoms with Crippen LogP contribution in [0.3, 0.4) is 0 Å². The van der Waals surface area contributed by atoms with E-state index in [1.165, 1.54) is 11.3 Å². The van der Waals surface area contributed by atoms with Gasteiger partial charge in [-0.05, 0) is 40.4 Å². The van der Waals surface area contributed by atoms with Crippen LogP contribution in [-0.4, -0.2) is 23.7 Å². The lowest BCUT2D eigenvalue weighted by Gasteiger charge is -2.13. The third kappa shape index (κ3) is 4.63. The Balaban J connectivity index is 2.35. The van der Waals surface area contributed by atoms with Crippen molar-refractivity contribution < 1.29 is 9.90 Å². The number of aliphatic hydroxyl groups is 1. The van der Waals surface area contributed by atoms with E-state index >= 15 is 0 Å². The minimum atomic E-state index is -0.465. The number of hydrogen-bond acceptors (Lipinski definition) is 3. The summed E-state index contributed by atoms with van der Waals surface area (Å²) in [5.74, 6) is 0.307. The quantitative estimate of drug-likeness (QED) is 0.878. The van der Waals surface area contributed by atoms with E-state index in [4.69, 9.17) is 0 Å². The monoisotopic (exact) mass is 305 g/mol. The van der Waals surface area contributed by atoms with Gasteiger partial charge in [-0.25, -0.2) is 0 Å². The summed E-state index contributed by atoms with van der Waals surface area (Å²) < 4.78 is 0.931. The fourth-order valence-corrected chi connectivity index (χ4v) is 2.66. The van der Waals surface area contributed by atoms with E-state index in [1.54, 1.807) is 6.07 Å². The van der Waals surface area contributed by atoms with Crippen LogP contribution in [0, 0.1) is 5.92 Å². The summed E-state index contributed by atoms with van der Waals surface area (Å²) >= 11 is 4.69. The summed E-state index contributed by atoms with van der Waals surface area (Å²) in [5, 5.41) is 12.3. The molecule has 1 amide bonds. The summed E-state index contributed by atoms with van der Waals surface area (Å²) in [6, 6.07) is 3.60. The average Bonchev–Trinajstić information content (AvgIpc) is 2.60. The van der Waals surface area contributed by atoms with Gasteiger partial charge < -0.3 is 10.4 Å². The molecular weight excluding hydrogens is 290 g/mol. The van der Waals surface area contributed by atoms with E-state index in [-0.39, 0.29) is 5.91 Å². The number of rotatable bonds is 5. The number of hydrogen-bond donors (Lipinski definition) is 2. The van der Waals surface area contributed by atoms with Gasteiger partial charge in [0.05, 0.1) is 14.8 Å². The minimum Gasteiger partial charge on any atom is -0.391 e. The maximum atomic E-state index is 11.6. The lowest BCUT2D eigenvalue weighted by Crippen LogP contribution is -2.32. The third-order valence-corrected chi connectivity index (χ3v) is 3.66. The number of halogens is 1. The Hall–Kier alpha value is -0.390. The van der Waals surface area contributed by atoms with Crippen molar-refractivity contribution >= 4 is 33.2 Å². The Morgan fingerprint density at radius 1 is 1.56 bits per heavy atom. The number of carbonyl (C=O) groups excluding carboxylic acids is 1.